The zero-order chi connectivity index (χ0) is 16.9. The minimum Gasteiger partial charge on any atom is -0.481 e. The molecular formula is C18H16N2O4. The number of fused-ring (bicyclic) bond motifs is 1. The van der Waals surface area contributed by atoms with Crippen molar-refractivity contribution in [3.05, 3.63) is 70.8 Å². The number of ether oxygens (including phenoxy) is 1. The predicted molar refractivity (Wildman–Crippen MR) is 88.7 cm³/mol. The van der Waals surface area contributed by atoms with Gasteiger partial charge in [0.25, 0.3) is 5.91 Å². The maximum Gasteiger partial charge on any atom is 0.336 e. The Bertz CT molecular complexity index is 906. The van der Waals surface area contributed by atoms with E-state index in [1.165, 1.54) is 6.07 Å². The molecule has 0 aliphatic rings. The molecule has 0 spiro atoms. The fourth-order valence-electron chi connectivity index (χ4n) is 2.21. The molecule has 0 bridgehead atoms. The van der Waals surface area contributed by atoms with E-state index in [1.807, 2.05) is 12.1 Å². The summed E-state index contributed by atoms with van der Waals surface area (Å²) >= 11 is 0. The molecule has 1 N–H and O–H groups in total. The van der Waals surface area contributed by atoms with E-state index in [4.69, 9.17) is 9.15 Å². The van der Waals surface area contributed by atoms with Crippen LogP contribution in [0.5, 0.6) is 5.75 Å². The summed E-state index contributed by atoms with van der Waals surface area (Å²) in [6.45, 7) is 2.06. The molecule has 0 unspecified atom stereocenters. The second-order valence-electron chi connectivity index (χ2n) is 5.29. The topological polar surface area (TPSA) is 81.4 Å². The molecule has 0 saturated heterocycles. The third-order valence-corrected chi connectivity index (χ3v) is 3.49. The zero-order valence-electron chi connectivity index (χ0n) is 13.1. The van der Waals surface area contributed by atoms with Crippen LogP contribution in [0.4, 0.5) is 0 Å². The van der Waals surface area contributed by atoms with Crippen LogP contribution >= 0.6 is 0 Å². The lowest BCUT2D eigenvalue weighted by Crippen LogP contribution is -2.35. The average molecular weight is 324 g/mol. The van der Waals surface area contributed by atoms with Crippen LogP contribution in [-0.4, -0.2) is 17.0 Å². The van der Waals surface area contributed by atoms with E-state index in [0.29, 0.717) is 17.9 Å². The Hall–Kier alpha value is -3.15. The summed E-state index contributed by atoms with van der Waals surface area (Å²) in [4.78, 5) is 27.3. The van der Waals surface area contributed by atoms with Gasteiger partial charge in [0.15, 0.2) is 6.10 Å². The van der Waals surface area contributed by atoms with Crippen LogP contribution in [0.15, 0.2) is 64.1 Å². The van der Waals surface area contributed by atoms with Gasteiger partial charge >= 0.3 is 5.63 Å². The summed E-state index contributed by atoms with van der Waals surface area (Å²) in [5.41, 5.74) is 0.949. The van der Waals surface area contributed by atoms with Crippen LogP contribution in [0.1, 0.15) is 12.5 Å². The molecule has 24 heavy (non-hydrogen) atoms. The number of benzene rings is 1. The smallest absolute Gasteiger partial charge is 0.336 e. The van der Waals surface area contributed by atoms with Crippen molar-refractivity contribution in [2.24, 2.45) is 0 Å². The molecule has 0 aliphatic heterocycles. The fraction of sp³-hybridized carbons (Fsp3) is 0.167. The molecule has 1 amide bonds. The zero-order valence-corrected chi connectivity index (χ0v) is 13.1. The molecule has 122 valence electrons. The van der Waals surface area contributed by atoms with Crippen molar-refractivity contribution in [2.75, 3.05) is 0 Å². The Morgan fingerprint density at radius 2 is 1.96 bits per heavy atom. The van der Waals surface area contributed by atoms with Crippen LogP contribution in [0, 0.1) is 0 Å². The van der Waals surface area contributed by atoms with Gasteiger partial charge in [-0.05, 0) is 42.8 Å². The molecular weight excluding hydrogens is 308 g/mol. The summed E-state index contributed by atoms with van der Waals surface area (Å²) in [5.74, 6) is 0.227. The molecule has 3 aromatic rings. The van der Waals surface area contributed by atoms with Crippen molar-refractivity contribution >= 4 is 16.9 Å². The first-order chi connectivity index (χ1) is 11.6. The molecule has 0 fully saturated rings. The van der Waals surface area contributed by atoms with Gasteiger partial charge in [0, 0.05) is 36.5 Å². The van der Waals surface area contributed by atoms with Gasteiger partial charge in [-0.1, -0.05) is 0 Å². The third-order valence-electron chi connectivity index (χ3n) is 3.49. The maximum atomic E-state index is 12.1. The van der Waals surface area contributed by atoms with Crippen LogP contribution in [0.3, 0.4) is 0 Å². The van der Waals surface area contributed by atoms with E-state index >= 15 is 0 Å². The number of nitrogens with zero attached hydrogens (tertiary/aromatic N) is 1. The summed E-state index contributed by atoms with van der Waals surface area (Å²) in [7, 11) is 0. The number of aromatic nitrogens is 1. The van der Waals surface area contributed by atoms with Crippen molar-refractivity contribution < 1.29 is 13.9 Å². The van der Waals surface area contributed by atoms with Crippen molar-refractivity contribution in [3.8, 4) is 5.75 Å². The molecule has 6 heteroatoms. The predicted octanol–water partition coefficient (Wildman–Crippen LogP) is 2.27. The first-order valence-corrected chi connectivity index (χ1v) is 7.49. The molecule has 2 heterocycles. The van der Waals surface area contributed by atoms with Crippen molar-refractivity contribution in [1.29, 1.82) is 0 Å². The third kappa shape index (κ3) is 3.78. The fourth-order valence-corrected chi connectivity index (χ4v) is 2.21. The SMILES string of the molecule is C[C@H](Oc1ccc2ccc(=O)oc2c1)C(=O)NCc1ccncc1. The highest BCUT2D eigenvalue weighted by Crippen LogP contribution is 2.20. The van der Waals surface area contributed by atoms with E-state index in [9.17, 15) is 9.59 Å². The Kier molecular flexibility index (Phi) is 4.56. The van der Waals surface area contributed by atoms with Crippen LogP contribution in [-0.2, 0) is 11.3 Å². The quantitative estimate of drug-likeness (QED) is 0.728. The first kappa shape index (κ1) is 15.7. The standard InChI is InChI=1S/C18H16N2O4/c1-12(18(22)20-11-13-6-8-19-9-7-13)23-15-4-2-14-3-5-17(21)24-16(14)10-15/h2-10,12H,11H2,1H3,(H,20,22)/t12-/m0/s1. The Morgan fingerprint density at radius 3 is 2.75 bits per heavy atom. The first-order valence-electron chi connectivity index (χ1n) is 7.49. The molecule has 1 aromatic carbocycles. The van der Waals surface area contributed by atoms with Crippen LogP contribution in [0.2, 0.25) is 0 Å². The second-order valence-corrected chi connectivity index (χ2v) is 5.29. The molecule has 0 aliphatic carbocycles. The Morgan fingerprint density at radius 1 is 1.21 bits per heavy atom. The van der Waals surface area contributed by atoms with Crippen LogP contribution in [0.25, 0.3) is 11.0 Å². The number of rotatable bonds is 5. The van der Waals surface area contributed by atoms with Gasteiger partial charge < -0.3 is 14.5 Å². The van der Waals surface area contributed by atoms with Gasteiger partial charge in [-0.15, -0.1) is 0 Å². The van der Waals surface area contributed by atoms with Crippen molar-refractivity contribution in [2.45, 2.75) is 19.6 Å². The molecule has 2 aromatic heterocycles. The lowest BCUT2D eigenvalue weighted by atomic mass is 10.2. The van der Waals surface area contributed by atoms with Gasteiger partial charge in [-0.2, -0.15) is 0 Å². The number of hydrogen-bond acceptors (Lipinski definition) is 5. The van der Waals surface area contributed by atoms with E-state index in [1.54, 1.807) is 43.6 Å². The lowest BCUT2D eigenvalue weighted by Gasteiger charge is -2.15. The van der Waals surface area contributed by atoms with Crippen LogP contribution < -0.4 is 15.7 Å². The van der Waals surface area contributed by atoms with Crippen molar-refractivity contribution in [3.63, 3.8) is 0 Å². The normalized spacial score (nSPS) is 11.9. The highest BCUT2D eigenvalue weighted by atomic mass is 16.5. The summed E-state index contributed by atoms with van der Waals surface area (Å²) in [6, 6.07) is 11.8. The number of pyridine rings is 1. The Balaban J connectivity index is 1.64. The number of amides is 1. The minimum absolute atomic E-state index is 0.235. The van der Waals surface area contributed by atoms with E-state index in [0.717, 1.165) is 10.9 Å². The van der Waals surface area contributed by atoms with E-state index < -0.39 is 11.7 Å². The number of nitrogens with one attached hydrogen (secondary N) is 1. The second kappa shape index (κ2) is 6.95. The monoisotopic (exact) mass is 324 g/mol. The minimum atomic E-state index is -0.681. The van der Waals surface area contributed by atoms with Gasteiger partial charge in [0.1, 0.15) is 11.3 Å². The van der Waals surface area contributed by atoms with E-state index in [2.05, 4.69) is 10.3 Å². The molecule has 0 saturated carbocycles. The molecule has 0 radical (unpaired) electrons. The van der Waals surface area contributed by atoms with Gasteiger partial charge in [0.05, 0.1) is 0 Å². The summed E-state index contributed by atoms with van der Waals surface area (Å²) in [6.07, 6.45) is 2.66. The highest BCUT2D eigenvalue weighted by molar-refractivity contribution is 5.81. The molecule has 3 rings (SSSR count). The number of hydrogen-bond donors (Lipinski definition) is 1. The van der Waals surface area contributed by atoms with Gasteiger partial charge in [0.2, 0.25) is 0 Å². The van der Waals surface area contributed by atoms with Crippen molar-refractivity contribution in [1.82, 2.24) is 10.3 Å². The molecule has 6 nitrogen and oxygen atoms in total. The average Bonchev–Trinajstić information content (AvgIpc) is 2.60. The largest absolute Gasteiger partial charge is 0.481 e. The number of carbonyl (C=O) groups is 1. The molecule has 1 atom stereocenters. The van der Waals surface area contributed by atoms with E-state index in [-0.39, 0.29) is 5.91 Å². The van der Waals surface area contributed by atoms with Gasteiger partial charge in [-0.25, -0.2) is 4.79 Å². The van der Waals surface area contributed by atoms with Gasteiger partial charge in [-0.3, -0.25) is 9.78 Å². The number of carbonyl (C=O) groups excluding carboxylic acids is 1. The maximum absolute atomic E-state index is 12.1. The highest BCUT2D eigenvalue weighted by Gasteiger charge is 2.14. The summed E-state index contributed by atoms with van der Waals surface area (Å²) in [5, 5.41) is 3.59. The Labute approximate surface area is 138 Å². The lowest BCUT2D eigenvalue weighted by molar-refractivity contribution is -0.127. The summed E-state index contributed by atoms with van der Waals surface area (Å²) < 4.78 is 10.7.